The second-order valence-electron chi connectivity index (χ2n) is 3.91. The Kier molecular flexibility index (Phi) is 6.05. The Labute approximate surface area is 110 Å². The van der Waals surface area contributed by atoms with Crippen LogP contribution < -0.4 is 11.3 Å². The van der Waals surface area contributed by atoms with Gasteiger partial charge in [0.25, 0.3) is 0 Å². The van der Waals surface area contributed by atoms with E-state index >= 15 is 0 Å². The summed E-state index contributed by atoms with van der Waals surface area (Å²) in [5.41, 5.74) is 3.76. The zero-order valence-electron chi connectivity index (χ0n) is 10.0. The largest absolute Gasteiger partial charge is 0.380 e. The Morgan fingerprint density at radius 2 is 2.24 bits per heavy atom. The smallest absolute Gasteiger partial charge is 0.137 e. The second-order valence-corrected chi connectivity index (χ2v) is 4.76. The summed E-state index contributed by atoms with van der Waals surface area (Å²) in [7, 11) is 1.67. The number of rotatable bonds is 6. The Bertz CT molecular complexity index is 358. The first-order valence-corrected chi connectivity index (χ1v) is 6.34. The van der Waals surface area contributed by atoms with E-state index in [4.69, 9.17) is 10.6 Å². The Balaban J connectivity index is 2.76. The molecule has 0 amide bonds. The lowest BCUT2D eigenvalue weighted by Crippen LogP contribution is -2.46. The average Bonchev–Trinajstić information content (AvgIpc) is 2.33. The molecule has 0 aliphatic rings. The van der Waals surface area contributed by atoms with Gasteiger partial charge in [-0.1, -0.05) is 13.0 Å². The SMILES string of the molecule is CCC(OC)C(Cc1ccc(F)c(Br)c1)NN. The van der Waals surface area contributed by atoms with Crippen molar-refractivity contribution in [2.45, 2.75) is 31.9 Å². The molecular weight excluding hydrogens is 287 g/mol. The number of hydrazine groups is 1. The van der Waals surface area contributed by atoms with E-state index in [1.165, 1.54) is 6.07 Å². The summed E-state index contributed by atoms with van der Waals surface area (Å²) in [6.07, 6.45) is 1.61. The topological polar surface area (TPSA) is 47.3 Å². The van der Waals surface area contributed by atoms with Gasteiger partial charge in [0.15, 0.2) is 0 Å². The van der Waals surface area contributed by atoms with Crippen molar-refractivity contribution in [3.8, 4) is 0 Å². The summed E-state index contributed by atoms with van der Waals surface area (Å²) in [4.78, 5) is 0. The first-order valence-electron chi connectivity index (χ1n) is 5.55. The van der Waals surface area contributed by atoms with Crippen LogP contribution in [0.5, 0.6) is 0 Å². The van der Waals surface area contributed by atoms with Crippen LogP contribution in [0.15, 0.2) is 22.7 Å². The van der Waals surface area contributed by atoms with Gasteiger partial charge >= 0.3 is 0 Å². The molecule has 0 spiro atoms. The number of ether oxygens (including phenoxy) is 1. The molecule has 0 aromatic heterocycles. The lowest BCUT2D eigenvalue weighted by atomic mass is 10.0. The van der Waals surface area contributed by atoms with E-state index in [1.807, 2.05) is 6.92 Å². The lowest BCUT2D eigenvalue weighted by molar-refractivity contribution is 0.0653. The normalized spacial score (nSPS) is 14.6. The van der Waals surface area contributed by atoms with Crippen molar-refractivity contribution >= 4 is 15.9 Å². The van der Waals surface area contributed by atoms with Crippen LogP contribution in [0.3, 0.4) is 0 Å². The highest BCUT2D eigenvalue weighted by Gasteiger charge is 2.18. The van der Waals surface area contributed by atoms with Crippen molar-refractivity contribution in [3.63, 3.8) is 0 Å². The molecule has 96 valence electrons. The quantitative estimate of drug-likeness (QED) is 0.627. The van der Waals surface area contributed by atoms with E-state index < -0.39 is 0 Å². The van der Waals surface area contributed by atoms with Crippen LogP contribution in [0, 0.1) is 5.82 Å². The maximum atomic E-state index is 13.1. The predicted octanol–water partition coefficient (Wildman–Crippen LogP) is 2.39. The molecule has 1 aromatic carbocycles. The van der Waals surface area contributed by atoms with Crippen LogP contribution in [-0.4, -0.2) is 19.3 Å². The Hall–Kier alpha value is -0.490. The molecule has 0 saturated heterocycles. The van der Waals surface area contributed by atoms with Crippen molar-refractivity contribution in [1.82, 2.24) is 5.43 Å². The molecule has 0 aliphatic carbocycles. The minimum atomic E-state index is -0.259. The third-order valence-corrected chi connectivity index (χ3v) is 3.42. The molecule has 5 heteroatoms. The van der Waals surface area contributed by atoms with Crippen LogP contribution in [0.1, 0.15) is 18.9 Å². The van der Waals surface area contributed by atoms with Crippen molar-refractivity contribution in [3.05, 3.63) is 34.1 Å². The van der Waals surface area contributed by atoms with Gasteiger partial charge in [-0.3, -0.25) is 11.3 Å². The molecule has 0 saturated carbocycles. The predicted molar refractivity (Wildman–Crippen MR) is 70.0 cm³/mol. The van der Waals surface area contributed by atoms with Crippen molar-refractivity contribution in [2.24, 2.45) is 5.84 Å². The lowest BCUT2D eigenvalue weighted by Gasteiger charge is -2.24. The standard InChI is InChI=1S/C12H18BrFN2O/c1-3-12(17-2)11(16-15)7-8-4-5-10(14)9(13)6-8/h4-6,11-12,16H,3,7,15H2,1-2H3. The minimum Gasteiger partial charge on any atom is -0.380 e. The number of methoxy groups -OCH3 is 1. The van der Waals surface area contributed by atoms with Crippen molar-refractivity contribution in [2.75, 3.05) is 7.11 Å². The fourth-order valence-corrected chi connectivity index (χ4v) is 2.26. The first-order chi connectivity index (χ1) is 8.12. The van der Waals surface area contributed by atoms with Gasteiger partial charge in [0.2, 0.25) is 0 Å². The number of nitrogens with one attached hydrogen (secondary N) is 1. The van der Waals surface area contributed by atoms with Crippen LogP contribution >= 0.6 is 15.9 Å². The summed E-state index contributed by atoms with van der Waals surface area (Å²) in [5, 5.41) is 0. The first kappa shape index (κ1) is 14.6. The summed E-state index contributed by atoms with van der Waals surface area (Å²) >= 11 is 3.17. The van der Waals surface area contributed by atoms with Crippen LogP contribution in [0.2, 0.25) is 0 Å². The second kappa shape index (κ2) is 7.06. The summed E-state index contributed by atoms with van der Waals surface area (Å²) in [6, 6.07) is 4.98. The molecule has 1 aromatic rings. The number of hydrogen-bond donors (Lipinski definition) is 2. The number of nitrogens with two attached hydrogens (primary N) is 1. The Morgan fingerprint density at radius 1 is 1.53 bits per heavy atom. The van der Waals surface area contributed by atoms with Gasteiger partial charge < -0.3 is 4.74 Å². The molecule has 0 aliphatic heterocycles. The molecule has 0 bridgehead atoms. The molecule has 0 fully saturated rings. The third-order valence-electron chi connectivity index (χ3n) is 2.81. The van der Waals surface area contributed by atoms with Gasteiger partial charge in [0.1, 0.15) is 5.82 Å². The van der Waals surface area contributed by atoms with E-state index in [-0.39, 0.29) is 18.0 Å². The monoisotopic (exact) mass is 304 g/mol. The van der Waals surface area contributed by atoms with E-state index in [2.05, 4.69) is 21.4 Å². The molecule has 0 radical (unpaired) electrons. The number of halogens is 2. The molecule has 3 N–H and O–H groups in total. The van der Waals surface area contributed by atoms with Gasteiger partial charge in [0, 0.05) is 7.11 Å². The van der Waals surface area contributed by atoms with Gasteiger partial charge in [-0.25, -0.2) is 4.39 Å². The molecule has 1 rings (SSSR count). The molecule has 3 nitrogen and oxygen atoms in total. The van der Waals surface area contributed by atoms with Crippen LogP contribution in [-0.2, 0) is 11.2 Å². The molecule has 2 unspecified atom stereocenters. The Morgan fingerprint density at radius 3 is 2.71 bits per heavy atom. The molecule has 0 heterocycles. The van der Waals surface area contributed by atoms with Crippen LogP contribution in [0.4, 0.5) is 4.39 Å². The van der Waals surface area contributed by atoms with Crippen LogP contribution in [0.25, 0.3) is 0 Å². The molecule has 17 heavy (non-hydrogen) atoms. The maximum Gasteiger partial charge on any atom is 0.137 e. The third kappa shape index (κ3) is 4.03. The fourth-order valence-electron chi connectivity index (χ4n) is 1.83. The van der Waals surface area contributed by atoms with E-state index in [0.29, 0.717) is 10.9 Å². The minimum absolute atomic E-state index is 0.0161. The zero-order chi connectivity index (χ0) is 12.8. The highest BCUT2D eigenvalue weighted by molar-refractivity contribution is 9.10. The van der Waals surface area contributed by atoms with Gasteiger partial charge in [-0.05, 0) is 46.5 Å². The average molecular weight is 305 g/mol. The fraction of sp³-hybridized carbons (Fsp3) is 0.500. The number of hydrogen-bond acceptors (Lipinski definition) is 3. The highest BCUT2D eigenvalue weighted by Crippen LogP contribution is 2.19. The zero-order valence-corrected chi connectivity index (χ0v) is 11.6. The van der Waals surface area contributed by atoms with Gasteiger partial charge in [-0.15, -0.1) is 0 Å². The summed E-state index contributed by atoms with van der Waals surface area (Å²) in [6.45, 7) is 2.04. The van der Waals surface area contributed by atoms with Crippen molar-refractivity contribution < 1.29 is 9.13 Å². The van der Waals surface area contributed by atoms with E-state index in [1.54, 1.807) is 19.2 Å². The molecular formula is C12H18BrFN2O. The number of benzene rings is 1. The van der Waals surface area contributed by atoms with Gasteiger partial charge in [0.05, 0.1) is 16.6 Å². The molecule has 2 atom stereocenters. The maximum absolute atomic E-state index is 13.1. The van der Waals surface area contributed by atoms with Gasteiger partial charge in [-0.2, -0.15) is 0 Å². The summed E-state index contributed by atoms with van der Waals surface area (Å²) < 4.78 is 18.9. The van der Waals surface area contributed by atoms with Crippen molar-refractivity contribution in [1.29, 1.82) is 0 Å². The van der Waals surface area contributed by atoms with E-state index in [0.717, 1.165) is 12.0 Å². The van der Waals surface area contributed by atoms with E-state index in [9.17, 15) is 4.39 Å². The highest BCUT2D eigenvalue weighted by atomic mass is 79.9. The summed E-state index contributed by atoms with van der Waals surface area (Å²) in [5.74, 6) is 5.27.